The highest BCUT2D eigenvalue weighted by molar-refractivity contribution is 8.00. The van der Waals surface area contributed by atoms with Crippen LogP contribution in [0, 0.1) is 0 Å². The van der Waals surface area contributed by atoms with Crippen LogP contribution in [0.2, 0.25) is 0 Å². The molecule has 0 bridgehead atoms. The maximum absolute atomic E-state index is 10.9. The van der Waals surface area contributed by atoms with Gasteiger partial charge in [-0.1, -0.05) is 0 Å². The lowest BCUT2D eigenvalue weighted by molar-refractivity contribution is 0.112. The van der Waals surface area contributed by atoms with Gasteiger partial charge in [-0.2, -0.15) is 11.8 Å². The molecule has 0 atom stereocenters. The van der Waals surface area contributed by atoms with E-state index in [-0.39, 0.29) is 0 Å². The van der Waals surface area contributed by atoms with Crippen LogP contribution in [-0.2, 0) is 6.54 Å². The highest BCUT2D eigenvalue weighted by Gasteiger charge is 2.27. The Hall–Kier alpha value is -1.00. The number of carbonyl (C=O) groups is 1. The molecular formula is C15H21NO2S. The van der Waals surface area contributed by atoms with Crippen LogP contribution in [0.15, 0.2) is 18.2 Å². The molecule has 0 saturated carbocycles. The van der Waals surface area contributed by atoms with Gasteiger partial charge in [0.25, 0.3) is 0 Å². The molecule has 0 radical (unpaired) electrons. The van der Waals surface area contributed by atoms with Gasteiger partial charge in [0.15, 0.2) is 0 Å². The molecule has 1 aromatic rings. The molecule has 3 nitrogen and oxygen atoms in total. The summed E-state index contributed by atoms with van der Waals surface area (Å²) in [7, 11) is 1.68. The number of thioether (sulfide) groups is 1. The number of hydrogen-bond acceptors (Lipinski definition) is 4. The van der Waals surface area contributed by atoms with E-state index in [1.54, 1.807) is 13.2 Å². The normalized spacial score (nSPS) is 19.1. The van der Waals surface area contributed by atoms with Gasteiger partial charge in [0, 0.05) is 41.3 Å². The summed E-state index contributed by atoms with van der Waals surface area (Å²) in [6.07, 6.45) is 0.888. The van der Waals surface area contributed by atoms with Crippen molar-refractivity contribution in [2.24, 2.45) is 0 Å². The van der Waals surface area contributed by atoms with E-state index in [4.69, 9.17) is 4.74 Å². The molecule has 0 amide bonds. The lowest BCUT2D eigenvalue weighted by Crippen LogP contribution is -2.42. The molecule has 1 saturated heterocycles. The summed E-state index contributed by atoms with van der Waals surface area (Å²) in [6.45, 7) is 7.55. The molecule has 104 valence electrons. The minimum Gasteiger partial charge on any atom is -0.496 e. The summed E-state index contributed by atoms with van der Waals surface area (Å²) >= 11 is 2.02. The van der Waals surface area contributed by atoms with Crippen molar-refractivity contribution in [1.29, 1.82) is 0 Å². The van der Waals surface area contributed by atoms with Crippen molar-refractivity contribution >= 4 is 18.0 Å². The van der Waals surface area contributed by atoms with Crippen LogP contribution < -0.4 is 4.74 Å². The third kappa shape index (κ3) is 3.74. The molecule has 1 aromatic carbocycles. The highest BCUT2D eigenvalue weighted by Crippen LogP contribution is 2.31. The van der Waals surface area contributed by atoms with Gasteiger partial charge in [0.2, 0.25) is 0 Å². The van der Waals surface area contributed by atoms with E-state index in [1.807, 2.05) is 23.9 Å². The zero-order chi connectivity index (χ0) is 13.9. The van der Waals surface area contributed by atoms with Gasteiger partial charge in [0.1, 0.15) is 12.0 Å². The molecule has 4 heteroatoms. The second-order valence-electron chi connectivity index (χ2n) is 5.51. The first-order chi connectivity index (χ1) is 9.04. The van der Waals surface area contributed by atoms with Crippen molar-refractivity contribution in [2.45, 2.75) is 25.1 Å². The van der Waals surface area contributed by atoms with Crippen molar-refractivity contribution < 1.29 is 9.53 Å². The van der Waals surface area contributed by atoms with Crippen molar-refractivity contribution in [1.82, 2.24) is 4.90 Å². The van der Waals surface area contributed by atoms with E-state index in [0.29, 0.717) is 10.3 Å². The molecule has 1 aliphatic rings. The van der Waals surface area contributed by atoms with Crippen molar-refractivity contribution in [3.63, 3.8) is 0 Å². The third-order valence-corrected chi connectivity index (χ3v) is 4.64. The summed E-state index contributed by atoms with van der Waals surface area (Å²) in [5.41, 5.74) is 1.80. The van der Waals surface area contributed by atoms with Crippen LogP contribution in [-0.4, -0.2) is 41.9 Å². The first-order valence-corrected chi connectivity index (χ1v) is 7.51. The van der Waals surface area contributed by atoms with E-state index in [9.17, 15) is 4.79 Å². The summed E-state index contributed by atoms with van der Waals surface area (Å²) < 4.78 is 5.69. The average molecular weight is 279 g/mol. The number of hydrogen-bond donors (Lipinski definition) is 0. The van der Waals surface area contributed by atoms with E-state index in [1.165, 1.54) is 0 Å². The number of ether oxygens (including phenoxy) is 1. The first-order valence-electron chi connectivity index (χ1n) is 6.52. The first kappa shape index (κ1) is 14.4. The maximum atomic E-state index is 10.9. The molecule has 0 N–H and O–H groups in total. The van der Waals surface area contributed by atoms with Gasteiger partial charge in [-0.05, 0) is 32.0 Å². The van der Waals surface area contributed by atoms with Crippen LogP contribution in [0.1, 0.15) is 29.8 Å². The molecule has 1 fully saturated rings. The molecule has 0 spiro atoms. The smallest absolute Gasteiger partial charge is 0.150 e. The summed E-state index contributed by atoms with van der Waals surface area (Å²) in [4.78, 5) is 13.3. The van der Waals surface area contributed by atoms with E-state index < -0.39 is 0 Å². The summed E-state index contributed by atoms with van der Waals surface area (Å²) in [5.74, 6) is 2.02. The average Bonchev–Trinajstić information content (AvgIpc) is 2.37. The van der Waals surface area contributed by atoms with E-state index in [0.717, 1.165) is 43.0 Å². The lowest BCUT2D eigenvalue weighted by atomic mass is 10.1. The Bertz CT molecular complexity index is 459. The van der Waals surface area contributed by atoms with Gasteiger partial charge in [-0.15, -0.1) is 0 Å². The fourth-order valence-electron chi connectivity index (χ4n) is 2.49. The van der Waals surface area contributed by atoms with E-state index >= 15 is 0 Å². The number of carbonyl (C=O) groups excluding carboxylic acids is 1. The van der Waals surface area contributed by atoms with Crippen LogP contribution in [0.5, 0.6) is 5.75 Å². The molecule has 0 aromatic heterocycles. The minimum absolute atomic E-state index is 0.299. The zero-order valence-corrected chi connectivity index (χ0v) is 12.6. The van der Waals surface area contributed by atoms with Crippen molar-refractivity contribution in [3.8, 4) is 5.75 Å². The maximum Gasteiger partial charge on any atom is 0.150 e. The predicted molar refractivity (Wildman–Crippen MR) is 80.2 cm³/mol. The highest BCUT2D eigenvalue weighted by atomic mass is 32.2. The number of rotatable bonds is 4. The van der Waals surface area contributed by atoms with Gasteiger partial charge >= 0.3 is 0 Å². The monoisotopic (exact) mass is 279 g/mol. The quantitative estimate of drug-likeness (QED) is 0.793. The van der Waals surface area contributed by atoms with Crippen LogP contribution >= 0.6 is 11.8 Å². The molecule has 2 rings (SSSR count). The van der Waals surface area contributed by atoms with Gasteiger partial charge in [0.05, 0.1) is 7.11 Å². The number of benzene rings is 1. The zero-order valence-electron chi connectivity index (χ0n) is 11.8. The largest absolute Gasteiger partial charge is 0.496 e. The molecule has 1 heterocycles. The number of methoxy groups -OCH3 is 1. The van der Waals surface area contributed by atoms with Crippen molar-refractivity contribution in [2.75, 3.05) is 26.0 Å². The Morgan fingerprint density at radius 3 is 2.89 bits per heavy atom. The van der Waals surface area contributed by atoms with Gasteiger partial charge in [-0.3, -0.25) is 9.69 Å². The number of nitrogens with zero attached hydrogens (tertiary/aromatic N) is 1. The van der Waals surface area contributed by atoms with Gasteiger partial charge < -0.3 is 4.74 Å². The molecule has 0 unspecified atom stereocenters. The standard InChI is InChI=1S/C15H21NO2S/c1-15(2)11-16(6-7-19-15)9-13-8-12(10-17)4-5-14(13)18-3/h4-5,8,10H,6-7,9,11H2,1-3H3. The Labute approximate surface area is 119 Å². The Balaban J connectivity index is 2.15. The Kier molecular flexibility index (Phi) is 4.53. The van der Waals surface area contributed by atoms with Gasteiger partial charge in [-0.25, -0.2) is 0 Å². The lowest BCUT2D eigenvalue weighted by Gasteiger charge is -2.37. The number of aldehydes is 1. The molecule has 0 aliphatic carbocycles. The van der Waals surface area contributed by atoms with Crippen LogP contribution in [0.3, 0.4) is 0 Å². The Morgan fingerprint density at radius 1 is 1.47 bits per heavy atom. The second-order valence-corrected chi connectivity index (χ2v) is 7.31. The SMILES string of the molecule is COc1ccc(C=O)cc1CN1CCSC(C)(C)C1. The fourth-order valence-corrected chi connectivity index (χ4v) is 3.66. The molecule has 1 aliphatic heterocycles. The molecular weight excluding hydrogens is 258 g/mol. The topological polar surface area (TPSA) is 29.5 Å². The third-order valence-electron chi connectivity index (χ3n) is 3.34. The predicted octanol–water partition coefficient (Wildman–Crippen LogP) is 2.84. The Morgan fingerprint density at radius 2 is 2.26 bits per heavy atom. The second kappa shape index (κ2) is 5.97. The van der Waals surface area contributed by atoms with Crippen LogP contribution in [0.25, 0.3) is 0 Å². The minimum atomic E-state index is 0.299. The van der Waals surface area contributed by atoms with Crippen molar-refractivity contribution in [3.05, 3.63) is 29.3 Å². The summed E-state index contributed by atoms with van der Waals surface area (Å²) in [5, 5.41) is 0. The summed E-state index contributed by atoms with van der Waals surface area (Å²) in [6, 6.07) is 5.61. The van der Waals surface area contributed by atoms with Crippen LogP contribution in [0.4, 0.5) is 0 Å². The fraction of sp³-hybridized carbons (Fsp3) is 0.533. The van der Waals surface area contributed by atoms with E-state index in [2.05, 4.69) is 18.7 Å². The molecule has 19 heavy (non-hydrogen) atoms.